The summed E-state index contributed by atoms with van der Waals surface area (Å²) in [6, 6.07) is 6.32. The summed E-state index contributed by atoms with van der Waals surface area (Å²) in [6.45, 7) is 7.53. The highest BCUT2D eigenvalue weighted by Gasteiger charge is 2.16. The van der Waals surface area contributed by atoms with Gasteiger partial charge in [0.05, 0.1) is 12.0 Å². The molecule has 1 aromatic carbocycles. The third-order valence-corrected chi connectivity index (χ3v) is 6.12. The number of aromatic nitrogens is 2. The zero-order valence-electron chi connectivity index (χ0n) is 15.0. The highest BCUT2D eigenvalue weighted by Crippen LogP contribution is 2.32. The van der Waals surface area contributed by atoms with E-state index in [1.807, 2.05) is 12.3 Å². The maximum Gasteiger partial charge on any atom is 0.263 e. The molecule has 0 bridgehead atoms. The van der Waals surface area contributed by atoms with Gasteiger partial charge in [-0.05, 0) is 37.5 Å². The van der Waals surface area contributed by atoms with E-state index >= 15 is 0 Å². The van der Waals surface area contributed by atoms with E-state index in [9.17, 15) is 4.79 Å². The number of hydrogen-bond donors (Lipinski definition) is 0. The first-order chi connectivity index (χ1) is 12.0. The second-order valence-electron chi connectivity index (χ2n) is 5.93. The van der Waals surface area contributed by atoms with Crippen molar-refractivity contribution in [3.05, 3.63) is 45.1 Å². The fraction of sp³-hybridized carbons (Fsp3) is 0.368. The van der Waals surface area contributed by atoms with Crippen LogP contribution in [0.1, 0.15) is 18.1 Å². The number of fused-ring (bicyclic) bond motifs is 1. The van der Waals surface area contributed by atoms with Crippen LogP contribution < -0.4 is 5.56 Å². The highest BCUT2D eigenvalue weighted by atomic mass is 32.2. The van der Waals surface area contributed by atoms with Gasteiger partial charge in [-0.25, -0.2) is 4.98 Å². The van der Waals surface area contributed by atoms with Gasteiger partial charge in [0.2, 0.25) is 0 Å². The molecule has 0 fully saturated rings. The van der Waals surface area contributed by atoms with Crippen LogP contribution in [0.4, 0.5) is 0 Å². The van der Waals surface area contributed by atoms with Crippen LogP contribution in [0.5, 0.6) is 0 Å². The van der Waals surface area contributed by atoms with Crippen LogP contribution in [0.2, 0.25) is 0 Å². The molecule has 0 aliphatic carbocycles. The first-order valence-corrected chi connectivity index (χ1v) is 10.2. The third-order valence-electron chi connectivity index (χ3n) is 4.26. The van der Waals surface area contributed by atoms with Gasteiger partial charge < -0.3 is 4.74 Å². The van der Waals surface area contributed by atoms with Gasteiger partial charge >= 0.3 is 0 Å². The number of hydrogen-bond acceptors (Lipinski definition) is 5. The molecular weight excluding hydrogens is 352 g/mol. The smallest absolute Gasteiger partial charge is 0.263 e. The van der Waals surface area contributed by atoms with Crippen molar-refractivity contribution in [3.8, 4) is 11.1 Å². The second-order valence-corrected chi connectivity index (χ2v) is 7.85. The van der Waals surface area contributed by atoms with E-state index in [-0.39, 0.29) is 5.56 Å². The Morgan fingerprint density at radius 1 is 1.28 bits per heavy atom. The summed E-state index contributed by atoms with van der Waals surface area (Å²) in [5, 5.41) is 3.49. The summed E-state index contributed by atoms with van der Waals surface area (Å²) in [7, 11) is 1.79. The Kier molecular flexibility index (Phi) is 5.61. The maximum absolute atomic E-state index is 12.9. The average Bonchev–Trinajstić information content (AvgIpc) is 3.02. The predicted molar refractivity (Wildman–Crippen MR) is 107 cm³/mol. The lowest BCUT2D eigenvalue weighted by Crippen LogP contribution is -2.20. The van der Waals surface area contributed by atoms with E-state index in [0.717, 1.165) is 26.9 Å². The van der Waals surface area contributed by atoms with E-state index in [0.29, 0.717) is 18.6 Å². The summed E-state index contributed by atoms with van der Waals surface area (Å²) in [5.74, 6) is 0.787. The zero-order valence-corrected chi connectivity index (χ0v) is 16.6. The lowest BCUT2D eigenvalue weighted by molar-refractivity contribution is 0.164. The molecule has 0 saturated heterocycles. The van der Waals surface area contributed by atoms with Crippen molar-refractivity contribution in [3.63, 3.8) is 0 Å². The molecule has 3 rings (SSSR count). The Morgan fingerprint density at radius 3 is 2.80 bits per heavy atom. The van der Waals surface area contributed by atoms with E-state index in [4.69, 9.17) is 9.72 Å². The number of thioether (sulfide) groups is 1. The van der Waals surface area contributed by atoms with Gasteiger partial charge in [0.25, 0.3) is 5.56 Å². The van der Waals surface area contributed by atoms with Crippen LogP contribution in [-0.4, -0.2) is 28.5 Å². The van der Waals surface area contributed by atoms with E-state index in [1.165, 1.54) is 22.5 Å². The van der Waals surface area contributed by atoms with Crippen LogP contribution in [-0.2, 0) is 11.8 Å². The summed E-state index contributed by atoms with van der Waals surface area (Å²) in [4.78, 5) is 18.4. The molecule has 6 heteroatoms. The molecule has 0 unspecified atom stereocenters. The first kappa shape index (κ1) is 18.2. The topological polar surface area (TPSA) is 44.1 Å². The predicted octanol–water partition coefficient (Wildman–Crippen LogP) is 4.41. The van der Waals surface area contributed by atoms with Crippen LogP contribution in [0, 0.1) is 13.8 Å². The Labute approximate surface area is 155 Å². The summed E-state index contributed by atoms with van der Waals surface area (Å²) in [5.41, 5.74) is 4.54. The molecule has 132 valence electrons. The number of nitrogens with zero attached hydrogens (tertiary/aromatic N) is 2. The molecule has 2 aromatic heterocycles. The van der Waals surface area contributed by atoms with Crippen molar-refractivity contribution in [1.29, 1.82) is 0 Å². The molecule has 0 radical (unpaired) electrons. The molecule has 0 spiro atoms. The second kappa shape index (κ2) is 7.72. The molecule has 0 N–H and O–H groups in total. The quantitative estimate of drug-likeness (QED) is 0.364. The fourth-order valence-corrected chi connectivity index (χ4v) is 4.45. The minimum atomic E-state index is 0.0124. The van der Waals surface area contributed by atoms with Crippen molar-refractivity contribution < 1.29 is 4.74 Å². The fourth-order valence-electron chi connectivity index (χ4n) is 2.64. The molecule has 0 amide bonds. The van der Waals surface area contributed by atoms with Crippen LogP contribution >= 0.6 is 23.1 Å². The van der Waals surface area contributed by atoms with Crippen molar-refractivity contribution in [2.45, 2.75) is 25.9 Å². The van der Waals surface area contributed by atoms with Gasteiger partial charge in [0.1, 0.15) is 4.83 Å². The van der Waals surface area contributed by atoms with Crippen molar-refractivity contribution in [1.82, 2.24) is 9.55 Å². The summed E-state index contributed by atoms with van der Waals surface area (Å²) >= 11 is 3.09. The third kappa shape index (κ3) is 3.66. The average molecular weight is 375 g/mol. The monoisotopic (exact) mass is 374 g/mol. The summed E-state index contributed by atoms with van der Waals surface area (Å²) in [6.07, 6.45) is 0. The SMILES string of the molecule is CCOCCSc1nc2scc(-c3ccc(C)c(C)c3)c2c(=O)n1C. The number of thiophene rings is 1. The highest BCUT2D eigenvalue weighted by molar-refractivity contribution is 7.99. The first-order valence-electron chi connectivity index (χ1n) is 8.29. The minimum Gasteiger partial charge on any atom is -0.381 e. The molecule has 0 aliphatic heterocycles. The Balaban J connectivity index is 2.02. The van der Waals surface area contributed by atoms with Crippen molar-refractivity contribution >= 4 is 33.3 Å². The molecule has 3 aromatic rings. The minimum absolute atomic E-state index is 0.0124. The molecule has 0 atom stereocenters. The van der Waals surface area contributed by atoms with E-state index in [2.05, 4.69) is 32.0 Å². The van der Waals surface area contributed by atoms with Gasteiger partial charge in [0, 0.05) is 30.4 Å². The van der Waals surface area contributed by atoms with E-state index in [1.54, 1.807) is 23.4 Å². The molecule has 0 saturated carbocycles. The normalized spacial score (nSPS) is 11.4. The standard InChI is InChI=1S/C19H22N2O2S2/c1-5-23-8-9-24-19-20-17-16(18(22)21(19)4)15(11-25-17)14-7-6-12(2)13(3)10-14/h6-7,10-11H,5,8-9H2,1-4H3. The van der Waals surface area contributed by atoms with Crippen LogP contribution in [0.25, 0.3) is 21.3 Å². The molecule has 2 heterocycles. The Bertz CT molecular complexity index is 960. The number of ether oxygens (including phenoxy) is 1. The molecule has 4 nitrogen and oxygen atoms in total. The van der Waals surface area contributed by atoms with Gasteiger partial charge in [-0.2, -0.15) is 0 Å². The number of aryl methyl sites for hydroxylation is 2. The van der Waals surface area contributed by atoms with Crippen LogP contribution in [0.15, 0.2) is 33.5 Å². The molecular formula is C19H22N2O2S2. The largest absolute Gasteiger partial charge is 0.381 e. The van der Waals surface area contributed by atoms with Crippen molar-refractivity contribution in [2.75, 3.05) is 19.0 Å². The number of benzene rings is 1. The Morgan fingerprint density at radius 2 is 2.08 bits per heavy atom. The molecule has 25 heavy (non-hydrogen) atoms. The maximum atomic E-state index is 12.9. The van der Waals surface area contributed by atoms with Crippen LogP contribution in [0.3, 0.4) is 0 Å². The lowest BCUT2D eigenvalue weighted by atomic mass is 10.0. The van der Waals surface area contributed by atoms with Gasteiger partial charge in [-0.1, -0.05) is 30.0 Å². The van der Waals surface area contributed by atoms with Gasteiger partial charge in [0.15, 0.2) is 5.16 Å². The Hall–Kier alpha value is -1.63. The molecule has 0 aliphatic rings. The van der Waals surface area contributed by atoms with E-state index < -0.39 is 0 Å². The number of rotatable bonds is 6. The van der Waals surface area contributed by atoms with Gasteiger partial charge in [-0.15, -0.1) is 11.3 Å². The van der Waals surface area contributed by atoms with Gasteiger partial charge in [-0.3, -0.25) is 9.36 Å². The zero-order chi connectivity index (χ0) is 18.0. The lowest BCUT2D eigenvalue weighted by Gasteiger charge is -2.08. The summed E-state index contributed by atoms with van der Waals surface area (Å²) < 4.78 is 7.01. The van der Waals surface area contributed by atoms with Crippen molar-refractivity contribution in [2.24, 2.45) is 7.05 Å².